The van der Waals surface area contributed by atoms with E-state index in [9.17, 15) is 4.79 Å². The zero-order valence-corrected chi connectivity index (χ0v) is 15.5. The SMILES string of the molecule is CC1CCN(C(C)CNC(=O)N2CCN(c3ccncc3)CC2)CC1. The van der Waals surface area contributed by atoms with Crippen molar-refractivity contribution in [2.45, 2.75) is 32.7 Å². The molecule has 3 heterocycles. The Bertz CT molecular complexity index is 536. The van der Waals surface area contributed by atoms with Crippen LogP contribution in [0.3, 0.4) is 0 Å². The third-order valence-electron chi connectivity index (χ3n) is 5.59. The van der Waals surface area contributed by atoms with Gasteiger partial charge < -0.3 is 15.1 Å². The maximum Gasteiger partial charge on any atom is 0.317 e. The van der Waals surface area contributed by atoms with Crippen molar-refractivity contribution >= 4 is 11.7 Å². The van der Waals surface area contributed by atoms with Gasteiger partial charge in [0.25, 0.3) is 0 Å². The summed E-state index contributed by atoms with van der Waals surface area (Å²) in [6, 6.07) is 4.54. The van der Waals surface area contributed by atoms with Crippen molar-refractivity contribution in [3.63, 3.8) is 0 Å². The van der Waals surface area contributed by atoms with Crippen LogP contribution in [0.15, 0.2) is 24.5 Å². The molecule has 6 heteroatoms. The molecule has 25 heavy (non-hydrogen) atoms. The lowest BCUT2D eigenvalue weighted by molar-refractivity contribution is 0.141. The Morgan fingerprint density at radius 3 is 2.44 bits per heavy atom. The summed E-state index contributed by atoms with van der Waals surface area (Å²) in [6.07, 6.45) is 6.18. The molecule has 2 fully saturated rings. The fraction of sp³-hybridized carbons (Fsp3) is 0.684. The number of piperidine rings is 1. The number of amides is 2. The smallest absolute Gasteiger partial charge is 0.317 e. The highest BCUT2D eigenvalue weighted by atomic mass is 16.2. The normalized spacial score (nSPS) is 21.2. The highest BCUT2D eigenvalue weighted by molar-refractivity contribution is 5.74. The number of likely N-dealkylation sites (tertiary alicyclic amines) is 1. The lowest BCUT2D eigenvalue weighted by Gasteiger charge is -2.37. The van der Waals surface area contributed by atoms with E-state index in [2.05, 4.69) is 33.9 Å². The van der Waals surface area contributed by atoms with Gasteiger partial charge in [-0.25, -0.2) is 4.79 Å². The number of hydrogen-bond acceptors (Lipinski definition) is 4. The van der Waals surface area contributed by atoms with Crippen molar-refractivity contribution in [2.24, 2.45) is 5.92 Å². The first-order valence-corrected chi connectivity index (χ1v) is 9.55. The fourth-order valence-electron chi connectivity index (χ4n) is 3.67. The average Bonchev–Trinajstić information content (AvgIpc) is 2.67. The molecular formula is C19H31N5O. The van der Waals surface area contributed by atoms with E-state index in [1.165, 1.54) is 18.5 Å². The molecule has 0 bridgehead atoms. The summed E-state index contributed by atoms with van der Waals surface area (Å²) >= 11 is 0. The summed E-state index contributed by atoms with van der Waals surface area (Å²) in [5, 5.41) is 3.13. The van der Waals surface area contributed by atoms with Gasteiger partial charge in [-0.3, -0.25) is 9.88 Å². The van der Waals surface area contributed by atoms with Gasteiger partial charge in [0.15, 0.2) is 0 Å². The Morgan fingerprint density at radius 1 is 1.16 bits per heavy atom. The molecule has 0 aromatic carbocycles. The van der Waals surface area contributed by atoms with Crippen LogP contribution in [0.5, 0.6) is 0 Å². The van der Waals surface area contributed by atoms with Crippen LogP contribution >= 0.6 is 0 Å². The van der Waals surface area contributed by atoms with Crippen molar-refractivity contribution in [1.29, 1.82) is 0 Å². The number of hydrogen-bond donors (Lipinski definition) is 1. The second-order valence-corrected chi connectivity index (χ2v) is 7.43. The largest absolute Gasteiger partial charge is 0.368 e. The molecule has 2 aliphatic rings. The highest BCUT2D eigenvalue weighted by Crippen LogP contribution is 2.18. The molecule has 2 aliphatic heterocycles. The molecule has 1 N–H and O–H groups in total. The number of pyridine rings is 1. The van der Waals surface area contributed by atoms with Gasteiger partial charge in [-0.1, -0.05) is 6.92 Å². The van der Waals surface area contributed by atoms with Crippen LogP contribution in [-0.2, 0) is 0 Å². The molecule has 0 radical (unpaired) electrons. The number of carbonyl (C=O) groups is 1. The molecule has 1 atom stereocenters. The number of nitrogens with one attached hydrogen (secondary N) is 1. The van der Waals surface area contributed by atoms with Gasteiger partial charge in [-0.05, 0) is 50.9 Å². The highest BCUT2D eigenvalue weighted by Gasteiger charge is 2.23. The number of carbonyl (C=O) groups excluding carboxylic acids is 1. The van der Waals surface area contributed by atoms with Gasteiger partial charge in [0.05, 0.1) is 0 Å². The summed E-state index contributed by atoms with van der Waals surface area (Å²) in [5.41, 5.74) is 1.18. The molecule has 1 aromatic rings. The molecule has 6 nitrogen and oxygen atoms in total. The molecule has 0 saturated carbocycles. The molecular weight excluding hydrogens is 314 g/mol. The van der Waals surface area contributed by atoms with Gasteiger partial charge in [0.2, 0.25) is 0 Å². The standard InChI is InChI=1S/C19H31N5O/c1-16-5-9-22(10-6-16)17(2)15-21-19(25)24-13-11-23(12-14-24)18-3-7-20-8-4-18/h3-4,7-8,16-17H,5-6,9-15H2,1-2H3,(H,21,25). The Hall–Kier alpha value is -1.82. The van der Waals surface area contributed by atoms with E-state index >= 15 is 0 Å². The predicted molar refractivity (Wildman–Crippen MR) is 101 cm³/mol. The summed E-state index contributed by atoms with van der Waals surface area (Å²) < 4.78 is 0. The van der Waals surface area contributed by atoms with Gasteiger partial charge in [-0.2, -0.15) is 0 Å². The molecule has 0 aliphatic carbocycles. The number of rotatable bonds is 4. The van der Waals surface area contributed by atoms with E-state index in [1.807, 2.05) is 29.4 Å². The molecule has 1 aromatic heterocycles. The monoisotopic (exact) mass is 345 g/mol. The van der Waals surface area contributed by atoms with Crippen molar-refractivity contribution < 1.29 is 4.79 Å². The van der Waals surface area contributed by atoms with E-state index in [4.69, 9.17) is 0 Å². The van der Waals surface area contributed by atoms with Crippen LogP contribution in [0, 0.1) is 5.92 Å². The summed E-state index contributed by atoms with van der Waals surface area (Å²) in [6.45, 7) is 10.9. The van der Waals surface area contributed by atoms with Crippen LogP contribution in [0.4, 0.5) is 10.5 Å². The Labute approximate surface area is 151 Å². The van der Waals surface area contributed by atoms with Crippen molar-refractivity contribution in [2.75, 3.05) is 50.7 Å². The molecule has 138 valence electrons. The minimum absolute atomic E-state index is 0.0756. The second kappa shape index (κ2) is 8.52. The molecule has 0 spiro atoms. The first-order valence-electron chi connectivity index (χ1n) is 9.55. The molecule has 1 unspecified atom stereocenters. The first kappa shape index (κ1) is 18.0. The Balaban J connectivity index is 1.39. The van der Waals surface area contributed by atoms with E-state index in [1.54, 1.807) is 0 Å². The van der Waals surface area contributed by atoms with Crippen LogP contribution in [-0.4, -0.2) is 72.7 Å². The molecule has 2 amide bonds. The van der Waals surface area contributed by atoms with Gasteiger partial charge >= 0.3 is 6.03 Å². The number of anilines is 1. The topological polar surface area (TPSA) is 51.7 Å². The second-order valence-electron chi connectivity index (χ2n) is 7.43. The first-order chi connectivity index (χ1) is 12.1. The molecule has 3 rings (SSSR count). The Morgan fingerprint density at radius 2 is 1.80 bits per heavy atom. The van der Waals surface area contributed by atoms with Crippen LogP contribution < -0.4 is 10.2 Å². The quantitative estimate of drug-likeness (QED) is 0.907. The van der Waals surface area contributed by atoms with E-state index in [0.717, 1.165) is 51.7 Å². The number of piperazine rings is 1. The minimum Gasteiger partial charge on any atom is -0.368 e. The van der Waals surface area contributed by atoms with Crippen molar-refractivity contribution in [1.82, 2.24) is 20.1 Å². The van der Waals surface area contributed by atoms with Crippen molar-refractivity contribution in [3.05, 3.63) is 24.5 Å². The zero-order valence-electron chi connectivity index (χ0n) is 15.5. The van der Waals surface area contributed by atoms with Gasteiger partial charge in [0.1, 0.15) is 0 Å². The Kier molecular flexibility index (Phi) is 6.13. The summed E-state index contributed by atoms with van der Waals surface area (Å²) in [5.74, 6) is 0.842. The minimum atomic E-state index is 0.0756. The average molecular weight is 345 g/mol. The van der Waals surface area contributed by atoms with Gasteiger partial charge in [-0.15, -0.1) is 0 Å². The number of urea groups is 1. The van der Waals surface area contributed by atoms with Crippen LogP contribution in [0.25, 0.3) is 0 Å². The lowest BCUT2D eigenvalue weighted by Crippen LogP contribution is -2.54. The van der Waals surface area contributed by atoms with Gasteiger partial charge in [0, 0.05) is 56.8 Å². The maximum atomic E-state index is 12.4. The third-order valence-corrected chi connectivity index (χ3v) is 5.59. The van der Waals surface area contributed by atoms with Crippen LogP contribution in [0.2, 0.25) is 0 Å². The maximum absolute atomic E-state index is 12.4. The summed E-state index contributed by atoms with van der Waals surface area (Å²) in [7, 11) is 0. The van der Waals surface area contributed by atoms with Crippen molar-refractivity contribution in [3.8, 4) is 0 Å². The van der Waals surface area contributed by atoms with E-state index < -0.39 is 0 Å². The van der Waals surface area contributed by atoms with E-state index in [-0.39, 0.29) is 6.03 Å². The number of aromatic nitrogens is 1. The van der Waals surface area contributed by atoms with Crippen LogP contribution in [0.1, 0.15) is 26.7 Å². The number of nitrogens with zero attached hydrogens (tertiary/aromatic N) is 4. The lowest BCUT2D eigenvalue weighted by atomic mass is 9.98. The predicted octanol–water partition coefficient (Wildman–Crippen LogP) is 2.03. The summed E-state index contributed by atoms with van der Waals surface area (Å²) in [4.78, 5) is 23.3. The molecule has 2 saturated heterocycles. The fourth-order valence-corrected chi connectivity index (χ4v) is 3.67. The third kappa shape index (κ3) is 4.84. The van der Waals surface area contributed by atoms with E-state index in [0.29, 0.717) is 6.04 Å². The zero-order chi connectivity index (χ0) is 17.6.